The summed E-state index contributed by atoms with van der Waals surface area (Å²) in [5, 5.41) is 9.00. The molecule has 0 atom stereocenters. The number of hydrogen-bond donors (Lipinski definition) is 1. The van der Waals surface area contributed by atoms with Gasteiger partial charge in [-0.3, -0.25) is 0 Å². The molecular formula is C13H16N2O4. The van der Waals surface area contributed by atoms with E-state index >= 15 is 0 Å². The van der Waals surface area contributed by atoms with E-state index in [0.29, 0.717) is 25.4 Å². The molecule has 0 bridgehead atoms. The second kappa shape index (κ2) is 5.60. The molecule has 0 spiro atoms. The van der Waals surface area contributed by atoms with Gasteiger partial charge in [-0.05, 0) is 12.1 Å². The van der Waals surface area contributed by atoms with Gasteiger partial charge in [0.25, 0.3) is 0 Å². The van der Waals surface area contributed by atoms with Crippen LogP contribution in [-0.4, -0.2) is 60.2 Å². The van der Waals surface area contributed by atoms with Crippen LogP contribution in [0.4, 0.5) is 4.79 Å². The molecule has 1 aliphatic heterocycles. The fourth-order valence-corrected chi connectivity index (χ4v) is 1.95. The second-order valence-electron chi connectivity index (χ2n) is 4.34. The van der Waals surface area contributed by atoms with Crippen molar-refractivity contribution >= 4 is 12.0 Å². The first kappa shape index (κ1) is 13.2. The number of carboxylic acid groups (broad SMARTS) is 1. The summed E-state index contributed by atoms with van der Waals surface area (Å²) in [6.45, 7) is 2.13. The Labute approximate surface area is 111 Å². The van der Waals surface area contributed by atoms with Crippen molar-refractivity contribution in [2.75, 3.05) is 33.3 Å². The fourth-order valence-electron chi connectivity index (χ4n) is 1.95. The molecule has 1 aliphatic rings. The number of likely N-dealkylation sites (N-methyl/N-ethyl adjacent to an activating group) is 1. The van der Waals surface area contributed by atoms with Crippen LogP contribution in [0.5, 0.6) is 5.75 Å². The molecule has 2 amide bonds. The van der Waals surface area contributed by atoms with E-state index in [1.807, 2.05) is 0 Å². The van der Waals surface area contributed by atoms with Crippen LogP contribution in [0, 0.1) is 0 Å². The van der Waals surface area contributed by atoms with E-state index in [1.54, 1.807) is 35.0 Å². The van der Waals surface area contributed by atoms with E-state index < -0.39 is 5.97 Å². The fraction of sp³-hybridized carbons (Fsp3) is 0.385. The van der Waals surface area contributed by atoms with Gasteiger partial charge in [0.1, 0.15) is 17.9 Å². The summed E-state index contributed by atoms with van der Waals surface area (Å²) in [5.74, 6) is -0.692. The molecule has 0 saturated carbocycles. The highest BCUT2D eigenvalue weighted by molar-refractivity contribution is 5.90. The quantitative estimate of drug-likeness (QED) is 0.865. The van der Waals surface area contributed by atoms with E-state index in [9.17, 15) is 9.59 Å². The Hall–Kier alpha value is -2.24. The third-order valence-corrected chi connectivity index (χ3v) is 3.04. The largest absolute Gasteiger partial charge is 0.491 e. The number of carboxylic acids is 1. The molecule has 2 rings (SSSR count). The maximum Gasteiger partial charge on any atom is 0.339 e. The van der Waals surface area contributed by atoms with Gasteiger partial charge in [-0.25, -0.2) is 9.59 Å². The third kappa shape index (κ3) is 2.96. The SMILES string of the molecule is CN1CCN(CCOc2ccccc2C(=O)O)C1=O. The van der Waals surface area contributed by atoms with Crippen molar-refractivity contribution in [3.8, 4) is 5.75 Å². The molecule has 0 radical (unpaired) electrons. The van der Waals surface area contributed by atoms with Crippen LogP contribution in [0.25, 0.3) is 0 Å². The predicted octanol–water partition coefficient (Wildman–Crippen LogP) is 1.13. The van der Waals surface area contributed by atoms with E-state index in [2.05, 4.69) is 0 Å². The molecule has 19 heavy (non-hydrogen) atoms. The number of carbonyl (C=O) groups is 2. The molecular weight excluding hydrogens is 248 g/mol. The summed E-state index contributed by atoms with van der Waals surface area (Å²) in [5.41, 5.74) is 0.132. The van der Waals surface area contributed by atoms with E-state index in [1.165, 1.54) is 6.07 Å². The van der Waals surface area contributed by atoms with Gasteiger partial charge < -0.3 is 19.6 Å². The Morgan fingerprint density at radius 3 is 2.74 bits per heavy atom. The molecule has 102 valence electrons. The van der Waals surface area contributed by atoms with Gasteiger partial charge in [0.2, 0.25) is 0 Å². The van der Waals surface area contributed by atoms with Crippen molar-refractivity contribution in [2.24, 2.45) is 0 Å². The number of carbonyl (C=O) groups excluding carboxylic acids is 1. The first-order valence-corrected chi connectivity index (χ1v) is 6.05. The highest BCUT2D eigenvalue weighted by Crippen LogP contribution is 2.17. The summed E-state index contributed by atoms with van der Waals surface area (Å²) >= 11 is 0. The van der Waals surface area contributed by atoms with E-state index in [0.717, 1.165) is 0 Å². The number of benzene rings is 1. The van der Waals surface area contributed by atoms with Crippen molar-refractivity contribution in [2.45, 2.75) is 0 Å². The number of ether oxygens (including phenoxy) is 1. The van der Waals surface area contributed by atoms with Crippen LogP contribution in [-0.2, 0) is 0 Å². The van der Waals surface area contributed by atoms with Crippen molar-refractivity contribution < 1.29 is 19.4 Å². The number of aromatic carboxylic acids is 1. The lowest BCUT2D eigenvalue weighted by atomic mass is 10.2. The molecule has 0 aromatic heterocycles. The monoisotopic (exact) mass is 264 g/mol. The van der Waals surface area contributed by atoms with Gasteiger partial charge >= 0.3 is 12.0 Å². The third-order valence-electron chi connectivity index (χ3n) is 3.04. The number of hydrogen-bond acceptors (Lipinski definition) is 3. The molecule has 6 heteroatoms. The summed E-state index contributed by atoms with van der Waals surface area (Å²) < 4.78 is 5.45. The highest BCUT2D eigenvalue weighted by Gasteiger charge is 2.24. The molecule has 1 heterocycles. The van der Waals surface area contributed by atoms with E-state index in [-0.39, 0.29) is 18.2 Å². The van der Waals surface area contributed by atoms with Gasteiger partial charge in [0.15, 0.2) is 0 Å². The predicted molar refractivity (Wildman–Crippen MR) is 68.5 cm³/mol. The smallest absolute Gasteiger partial charge is 0.339 e. The number of para-hydroxylation sites is 1. The van der Waals surface area contributed by atoms with Gasteiger partial charge in [-0.15, -0.1) is 0 Å². The van der Waals surface area contributed by atoms with Crippen molar-refractivity contribution in [3.05, 3.63) is 29.8 Å². The molecule has 1 aromatic carbocycles. The van der Waals surface area contributed by atoms with Gasteiger partial charge in [-0.1, -0.05) is 12.1 Å². The molecule has 1 saturated heterocycles. The zero-order chi connectivity index (χ0) is 13.8. The minimum atomic E-state index is -1.02. The summed E-state index contributed by atoms with van der Waals surface area (Å²) in [6.07, 6.45) is 0. The zero-order valence-corrected chi connectivity index (χ0v) is 10.7. The second-order valence-corrected chi connectivity index (χ2v) is 4.34. The number of amides is 2. The Kier molecular flexibility index (Phi) is 3.89. The van der Waals surface area contributed by atoms with Crippen molar-refractivity contribution in [3.63, 3.8) is 0 Å². The summed E-state index contributed by atoms with van der Waals surface area (Å²) in [7, 11) is 1.75. The van der Waals surface area contributed by atoms with Crippen LogP contribution in [0.15, 0.2) is 24.3 Å². The van der Waals surface area contributed by atoms with Crippen LogP contribution in [0.1, 0.15) is 10.4 Å². The molecule has 6 nitrogen and oxygen atoms in total. The topological polar surface area (TPSA) is 70.1 Å². The van der Waals surface area contributed by atoms with Crippen molar-refractivity contribution in [1.82, 2.24) is 9.80 Å². The average Bonchev–Trinajstić information content (AvgIpc) is 2.71. The van der Waals surface area contributed by atoms with Crippen LogP contribution >= 0.6 is 0 Å². The number of rotatable bonds is 5. The summed E-state index contributed by atoms with van der Waals surface area (Å²) in [4.78, 5) is 25.9. The minimum absolute atomic E-state index is 0.0184. The Bertz CT molecular complexity index is 489. The Balaban J connectivity index is 1.90. The maximum atomic E-state index is 11.6. The number of urea groups is 1. The van der Waals surface area contributed by atoms with Crippen molar-refractivity contribution in [1.29, 1.82) is 0 Å². The van der Waals surface area contributed by atoms with E-state index in [4.69, 9.17) is 9.84 Å². The molecule has 1 N–H and O–H groups in total. The lowest BCUT2D eigenvalue weighted by molar-refractivity contribution is 0.0691. The summed E-state index contributed by atoms with van der Waals surface area (Å²) in [6, 6.07) is 6.45. The van der Waals surface area contributed by atoms with Gasteiger partial charge in [0, 0.05) is 20.1 Å². The highest BCUT2D eigenvalue weighted by atomic mass is 16.5. The Morgan fingerprint density at radius 2 is 2.11 bits per heavy atom. The lowest BCUT2D eigenvalue weighted by Gasteiger charge is -2.16. The maximum absolute atomic E-state index is 11.6. The number of nitrogens with zero attached hydrogens (tertiary/aromatic N) is 2. The minimum Gasteiger partial charge on any atom is -0.491 e. The standard InChI is InChI=1S/C13H16N2O4/c1-14-6-7-15(13(14)18)8-9-19-11-5-3-2-4-10(11)12(16)17/h2-5H,6-9H2,1H3,(H,16,17). The first-order valence-electron chi connectivity index (χ1n) is 6.05. The zero-order valence-electron chi connectivity index (χ0n) is 10.7. The van der Waals surface area contributed by atoms with Gasteiger partial charge in [-0.2, -0.15) is 0 Å². The van der Waals surface area contributed by atoms with Crippen LogP contribution in [0.2, 0.25) is 0 Å². The lowest BCUT2D eigenvalue weighted by Crippen LogP contribution is -2.32. The van der Waals surface area contributed by atoms with Gasteiger partial charge in [0.05, 0.1) is 6.54 Å². The van der Waals surface area contributed by atoms with Crippen LogP contribution in [0.3, 0.4) is 0 Å². The molecule has 0 unspecified atom stereocenters. The normalized spacial score (nSPS) is 14.9. The molecule has 1 fully saturated rings. The molecule has 1 aromatic rings. The molecule has 0 aliphatic carbocycles. The average molecular weight is 264 g/mol. The van der Waals surface area contributed by atoms with Crippen LogP contribution < -0.4 is 4.74 Å². The first-order chi connectivity index (χ1) is 9.09. The Morgan fingerprint density at radius 1 is 1.37 bits per heavy atom.